The second-order valence-corrected chi connectivity index (χ2v) is 10.6. The average Bonchev–Trinajstić information content (AvgIpc) is 3.53. The van der Waals surface area contributed by atoms with E-state index in [1.165, 1.54) is 39.0 Å². The molecule has 36 heavy (non-hydrogen) atoms. The van der Waals surface area contributed by atoms with E-state index in [0.29, 0.717) is 24.3 Å². The van der Waals surface area contributed by atoms with Gasteiger partial charge in [0, 0.05) is 39.0 Å². The van der Waals surface area contributed by atoms with Crippen molar-refractivity contribution in [2.24, 2.45) is 5.92 Å². The molecular weight excluding hydrogens is 482 g/mol. The molecule has 5 atom stereocenters. The fraction of sp³-hybridized carbons (Fsp3) is 0.750. The van der Waals surface area contributed by atoms with Gasteiger partial charge in [-0.15, -0.1) is 0 Å². The van der Waals surface area contributed by atoms with E-state index in [9.17, 15) is 14.4 Å². The Morgan fingerprint density at radius 2 is 1.97 bits per heavy atom. The van der Waals surface area contributed by atoms with Gasteiger partial charge in [-0.05, 0) is 25.3 Å². The Morgan fingerprint density at radius 3 is 2.64 bits per heavy atom. The van der Waals surface area contributed by atoms with E-state index in [4.69, 9.17) is 25.8 Å². The van der Waals surface area contributed by atoms with E-state index < -0.39 is 23.6 Å². The molecule has 0 aromatic heterocycles. The van der Waals surface area contributed by atoms with Crippen molar-refractivity contribution in [1.82, 2.24) is 4.90 Å². The lowest BCUT2D eigenvalue weighted by Gasteiger charge is -2.28. The SMILES string of the molecule is CCCCCCC[C@H](C/C=C/CCC(=O)N(C)C/C(Cl)=C\[C@@]12O[C@@H]1C[C@H](OC(C)=O)[C@H](C)C2=O)OC. The first kappa shape index (κ1) is 30.5. The molecule has 7 nitrogen and oxygen atoms in total. The van der Waals surface area contributed by atoms with E-state index in [1.807, 2.05) is 6.08 Å². The monoisotopic (exact) mass is 525 g/mol. The van der Waals surface area contributed by atoms with Crippen LogP contribution in [0.4, 0.5) is 0 Å². The minimum absolute atomic E-state index is 0.0190. The summed E-state index contributed by atoms with van der Waals surface area (Å²) >= 11 is 6.43. The summed E-state index contributed by atoms with van der Waals surface area (Å²) in [5.74, 6) is -1.04. The van der Waals surface area contributed by atoms with E-state index in [0.717, 1.165) is 12.8 Å². The van der Waals surface area contributed by atoms with Crippen molar-refractivity contribution < 1.29 is 28.6 Å². The summed E-state index contributed by atoms with van der Waals surface area (Å²) in [5, 5.41) is 0.386. The van der Waals surface area contributed by atoms with Crippen LogP contribution >= 0.6 is 11.6 Å². The Bertz CT molecular complexity index is 812. The number of rotatable bonds is 16. The number of hydrogen-bond donors (Lipinski definition) is 0. The zero-order chi connectivity index (χ0) is 26.7. The first-order valence-electron chi connectivity index (χ1n) is 13.3. The Kier molecular flexibility index (Phi) is 12.6. The second kappa shape index (κ2) is 14.9. The fourth-order valence-electron chi connectivity index (χ4n) is 4.81. The number of allylic oxidation sites excluding steroid dienone is 1. The molecule has 0 N–H and O–H groups in total. The summed E-state index contributed by atoms with van der Waals surface area (Å²) in [6, 6.07) is 0. The van der Waals surface area contributed by atoms with Gasteiger partial charge in [-0.2, -0.15) is 0 Å². The molecule has 0 bridgehead atoms. The molecular formula is C28H44ClNO6. The molecule has 204 valence electrons. The maximum Gasteiger partial charge on any atom is 0.302 e. The number of halogens is 1. The molecule has 1 saturated carbocycles. The van der Waals surface area contributed by atoms with Crippen molar-refractivity contribution in [2.75, 3.05) is 20.7 Å². The molecule has 1 aliphatic carbocycles. The number of ketones is 1. The van der Waals surface area contributed by atoms with Crippen LogP contribution in [0.15, 0.2) is 23.3 Å². The molecule has 0 spiro atoms. The lowest BCUT2D eigenvalue weighted by molar-refractivity contribution is -0.152. The molecule has 0 radical (unpaired) electrons. The molecule has 1 saturated heterocycles. The van der Waals surface area contributed by atoms with Gasteiger partial charge in [-0.25, -0.2) is 0 Å². The smallest absolute Gasteiger partial charge is 0.302 e. The lowest BCUT2D eigenvalue weighted by atomic mass is 9.78. The van der Waals surface area contributed by atoms with Crippen molar-refractivity contribution in [1.29, 1.82) is 0 Å². The highest BCUT2D eigenvalue weighted by atomic mass is 35.5. The Morgan fingerprint density at radius 1 is 1.25 bits per heavy atom. The second-order valence-electron chi connectivity index (χ2n) is 10.1. The topological polar surface area (TPSA) is 85.4 Å². The zero-order valence-corrected chi connectivity index (χ0v) is 23.4. The molecule has 0 aromatic rings. The maximum absolute atomic E-state index is 12.9. The van der Waals surface area contributed by atoms with Crippen LogP contribution in [0, 0.1) is 5.92 Å². The number of unbranched alkanes of at least 4 members (excludes halogenated alkanes) is 4. The predicted octanol–water partition coefficient (Wildman–Crippen LogP) is 5.35. The number of amides is 1. The van der Waals surface area contributed by atoms with Crippen LogP contribution in [0.3, 0.4) is 0 Å². The Labute approximate surface area is 221 Å². The number of methoxy groups -OCH3 is 1. The minimum atomic E-state index is -1.06. The third kappa shape index (κ3) is 9.00. The van der Waals surface area contributed by atoms with Gasteiger partial charge in [0.1, 0.15) is 12.2 Å². The van der Waals surface area contributed by atoms with Gasteiger partial charge in [-0.1, -0.05) is 69.7 Å². The first-order valence-corrected chi connectivity index (χ1v) is 13.7. The van der Waals surface area contributed by atoms with Crippen LogP contribution in [-0.2, 0) is 28.6 Å². The summed E-state index contributed by atoms with van der Waals surface area (Å²) in [4.78, 5) is 38.3. The van der Waals surface area contributed by atoms with Crippen molar-refractivity contribution in [2.45, 2.75) is 109 Å². The fourth-order valence-corrected chi connectivity index (χ4v) is 5.15. The number of fused-ring (bicyclic) bond motifs is 1. The third-order valence-corrected chi connectivity index (χ3v) is 7.35. The van der Waals surface area contributed by atoms with Gasteiger partial charge in [0.15, 0.2) is 11.4 Å². The van der Waals surface area contributed by atoms with Crippen molar-refractivity contribution >= 4 is 29.3 Å². The molecule has 0 aromatic carbocycles. The average molecular weight is 526 g/mol. The molecule has 1 amide bonds. The molecule has 2 fully saturated rings. The van der Waals surface area contributed by atoms with Crippen molar-refractivity contribution in [3.05, 3.63) is 23.3 Å². The van der Waals surface area contributed by atoms with Gasteiger partial charge >= 0.3 is 5.97 Å². The predicted molar refractivity (Wildman–Crippen MR) is 141 cm³/mol. The summed E-state index contributed by atoms with van der Waals surface area (Å²) in [5.41, 5.74) is -1.06. The number of carbonyl (C=O) groups is 3. The quantitative estimate of drug-likeness (QED) is 0.117. The number of Topliss-reactive ketones (excluding diaryl/α,β-unsaturated/α-hetero) is 1. The highest BCUT2D eigenvalue weighted by Crippen LogP contribution is 2.50. The van der Waals surface area contributed by atoms with Crippen LogP contribution in [0.5, 0.6) is 0 Å². The minimum Gasteiger partial charge on any atom is -0.462 e. The Hall–Kier alpha value is -1.70. The summed E-state index contributed by atoms with van der Waals surface area (Å²) in [6.45, 7) is 5.50. The van der Waals surface area contributed by atoms with Crippen LogP contribution in [0.25, 0.3) is 0 Å². The van der Waals surface area contributed by atoms with Crippen molar-refractivity contribution in [3.8, 4) is 0 Å². The first-order chi connectivity index (χ1) is 17.1. The molecule has 1 heterocycles. The summed E-state index contributed by atoms with van der Waals surface area (Å²) in [7, 11) is 3.46. The number of esters is 1. The van der Waals surface area contributed by atoms with Gasteiger partial charge in [0.2, 0.25) is 5.91 Å². The zero-order valence-electron chi connectivity index (χ0n) is 22.6. The van der Waals surface area contributed by atoms with E-state index >= 15 is 0 Å². The standard InChI is InChI=1S/C28H44ClNO6/c1-6-7-8-9-11-14-23(34-5)15-12-10-13-16-26(32)30(4)19-22(29)18-28-25(36-28)17-24(35-21(3)31)20(2)27(28)33/h10,12,18,20,23-25H,6-9,11,13-17,19H2,1-5H3/b12-10+,22-18+/t20-,23+,24-,25+,28+/m0/s1. The lowest BCUT2D eigenvalue weighted by Crippen LogP contribution is -2.44. The number of nitrogens with zero attached hydrogens (tertiary/aromatic N) is 1. The van der Waals surface area contributed by atoms with Crippen LogP contribution in [0.1, 0.15) is 85.0 Å². The molecule has 0 unspecified atom stereocenters. The summed E-state index contributed by atoms with van der Waals surface area (Å²) in [6.07, 6.45) is 14.9. The molecule has 2 aliphatic rings. The van der Waals surface area contributed by atoms with Crippen LogP contribution in [-0.4, -0.2) is 67.2 Å². The third-order valence-electron chi connectivity index (χ3n) is 7.12. The number of likely N-dealkylation sites (N-methyl/N-ethyl adjacent to an activating group) is 1. The van der Waals surface area contributed by atoms with Gasteiger partial charge < -0.3 is 19.1 Å². The van der Waals surface area contributed by atoms with E-state index in [-0.39, 0.29) is 30.4 Å². The van der Waals surface area contributed by atoms with Gasteiger partial charge in [0.05, 0.1) is 18.6 Å². The van der Waals surface area contributed by atoms with Crippen LogP contribution in [0.2, 0.25) is 0 Å². The summed E-state index contributed by atoms with van der Waals surface area (Å²) < 4.78 is 16.5. The maximum atomic E-state index is 12.9. The number of hydrogen-bond acceptors (Lipinski definition) is 6. The molecule has 2 rings (SSSR count). The van der Waals surface area contributed by atoms with E-state index in [2.05, 4.69) is 13.0 Å². The largest absolute Gasteiger partial charge is 0.462 e. The molecule has 8 heteroatoms. The number of ether oxygens (including phenoxy) is 3. The van der Waals surface area contributed by atoms with Crippen molar-refractivity contribution in [3.63, 3.8) is 0 Å². The highest BCUT2D eigenvalue weighted by molar-refractivity contribution is 6.30. The number of carbonyl (C=O) groups excluding carboxylic acids is 3. The van der Waals surface area contributed by atoms with Gasteiger partial charge in [0.25, 0.3) is 0 Å². The number of epoxide rings is 1. The van der Waals surface area contributed by atoms with E-state index in [1.54, 1.807) is 32.1 Å². The normalized spacial score (nSPS) is 26.6. The Balaban J connectivity index is 1.73. The van der Waals surface area contributed by atoms with Crippen LogP contribution < -0.4 is 0 Å². The highest BCUT2D eigenvalue weighted by Gasteiger charge is 2.66. The molecule has 1 aliphatic heterocycles. The van der Waals surface area contributed by atoms with Gasteiger partial charge in [-0.3, -0.25) is 14.4 Å².